The molecule has 0 N–H and O–H groups in total. The van der Waals surface area contributed by atoms with Gasteiger partial charge in [-0.3, -0.25) is 14.2 Å². The van der Waals surface area contributed by atoms with E-state index in [1.54, 1.807) is 24.3 Å². The van der Waals surface area contributed by atoms with Crippen LogP contribution in [0.2, 0.25) is 0 Å². The second kappa shape index (κ2) is 12.6. The molecule has 40 heavy (non-hydrogen) atoms. The first-order valence-electron chi connectivity index (χ1n) is 13.4. The quantitative estimate of drug-likeness (QED) is 0.188. The Kier molecular flexibility index (Phi) is 9.00. The van der Waals surface area contributed by atoms with Gasteiger partial charge >= 0.3 is 5.51 Å². The van der Waals surface area contributed by atoms with E-state index in [4.69, 9.17) is 4.74 Å². The lowest BCUT2D eigenvalue weighted by Crippen LogP contribution is -2.26. The van der Waals surface area contributed by atoms with Crippen molar-refractivity contribution in [3.8, 4) is 11.5 Å². The molecule has 9 heteroatoms. The summed E-state index contributed by atoms with van der Waals surface area (Å²) in [7, 11) is 0. The summed E-state index contributed by atoms with van der Waals surface area (Å²) < 4.78 is 70.4. The minimum Gasteiger partial charge on any atom is -0.489 e. The van der Waals surface area contributed by atoms with Crippen LogP contribution in [-0.4, -0.2) is 42.8 Å². The Labute approximate surface area is 234 Å². The van der Waals surface area contributed by atoms with E-state index in [9.17, 15) is 22.1 Å². The van der Waals surface area contributed by atoms with Crippen molar-refractivity contribution in [1.29, 1.82) is 0 Å². The van der Waals surface area contributed by atoms with E-state index >= 15 is 0 Å². The molecule has 3 nitrogen and oxygen atoms in total. The van der Waals surface area contributed by atoms with Gasteiger partial charge in [0.2, 0.25) is 0 Å². The lowest BCUT2D eigenvalue weighted by atomic mass is 9.88. The predicted octanol–water partition coefficient (Wildman–Crippen LogP) is 8.67. The lowest BCUT2D eigenvalue weighted by Gasteiger charge is -2.19. The Hall–Kier alpha value is -3.04. The van der Waals surface area contributed by atoms with Gasteiger partial charge in [0.25, 0.3) is 0 Å². The second-order valence-corrected chi connectivity index (χ2v) is 11.2. The maximum Gasteiger partial charge on any atom is 0.446 e. The van der Waals surface area contributed by atoms with Crippen LogP contribution in [0.5, 0.6) is 11.5 Å². The number of ether oxygens (including phenoxy) is 1. The number of alkyl halides is 4. The Morgan fingerprint density at radius 3 is 2.33 bits per heavy atom. The molecule has 5 rings (SSSR count). The molecule has 1 atom stereocenters. The van der Waals surface area contributed by atoms with Crippen LogP contribution < -0.4 is 9.68 Å². The summed E-state index contributed by atoms with van der Waals surface area (Å²) in [5.74, 6) is 0.878. The summed E-state index contributed by atoms with van der Waals surface area (Å²) in [6.45, 7) is 2.08. The first kappa shape index (κ1) is 28.5. The predicted molar refractivity (Wildman–Crippen MR) is 148 cm³/mol. The van der Waals surface area contributed by atoms with Crippen molar-refractivity contribution in [2.45, 2.75) is 48.6 Å². The summed E-state index contributed by atoms with van der Waals surface area (Å²) >= 11 is -0.131. The molecule has 0 radical (unpaired) electrons. The molecule has 2 aliphatic rings. The largest absolute Gasteiger partial charge is 0.489 e. The lowest BCUT2D eigenvalue weighted by molar-refractivity contribution is -0.0328. The van der Waals surface area contributed by atoms with Crippen LogP contribution in [0, 0.1) is 0 Å². The molecule has 1 aliphatic carbocycles. The fourth-order valence-electron chi connectivity index (χ4n) is 5.56. The molecule has 1 unspecified atom stereocenters. The number of nitrogens with zero attached hydrogens (tertiary/aromatic N) is 1. The van der Waals surface area contributed by atoms with E-state index in [1.165, 1.54) is 12.1 Å². The molecule has 212 valence electrons. The van der Waals surface area contributed by atoms with Gasteiger partial charge in [0.15, 0.2) is 5.75 Å². The number of aryl methyl sites for hydroxylation is 1. The van der Waals surface area contributed by atoms with Crippen LogP contribution in [0.15, 0.2) is 71.6 Å². The highest BCUT2D eigenvalue weighted by Gasteiger charge is 2.29. The average Bonchev–Trinajstić information content (AvgIpc) is 3.30. The van der Waals surface area contributed by atoms with Crippen molar-refractivity contribution in [3.05, 3.63) is 89.0 Å². The molecule has 0 bridgehead atoms. The Morgan fingerprint density at radius 2 is 1.62 bits per heavy atom. The van der Waals surface area contributed by atoms with Crippen molar-refractivity contribution in [1.82, 2.24) is 4.90 Å². The molecular weight excluding hydrogens is 545 g/mol. The third-order valence-electron chi connectivity index (χ3n) is 7.33. The summed E-state index contributed by atoms with van der Waals surface area (Å²) in [4.78, 5) is 6.33. The van der Waals surface area contributed by atoms with Gasteiger partial charge in [-0.05, 0) is 114 Å². The third-order valence-corrected chi connectivity index (χ3v) is 8.07. The fourth-order valence-corrected chi connectivity index (χ4v) is 6.10. The van der Waals surface area contributed by atoms with Crippen LogP contribution in [-0.2, 0) is 6.42 Å². The number of fused-ring (bicyclic) bond motifs is 1. The average molecular weight is 576 g/mol. The molecule has 0 aromatic heterocycles. The van der Waals surface area contributed by atoms with E-state index in [-0.39, 0.29) is 35.2 Å². The number of rotatable bonds is 9. The van der Waals surface area contributed by atoms with Gasteiger partial charge in [-0.25, -0.2) is 0 Å². The van der Waals surface area contributed by atoms with Crippen LogP contribution in [0.3, 0.4) is 0 Å². The van der Waals surface area contributed by atoms with Gasteiger partial charge in [-0.1, -0.05) is 30.3 Å². The van der Waals surface area contributed by atoms with Crippen molar-refractivity contribution < 1.29 is 31.8 Å². The highest BCUT2D eigenvalue weighted by molar-refractivity contribution is 8.00. The van der Waals surface area contributed by atoms with Gasteiger partial charge in [-0.2, -0.15) is 13.2 Å². The zero-order valence-electron chi connectivity index (χ0n) is 21.9. The van der Waals surface area contributed by atoms with E-state index in [1.807, 2.05) is 30.3 Å². The first-order chi connectivity index (χ1) is 19.3. The number of likely N-dealkylation sites (tertiary alicyclic amines) is 1. The van der Waals surface area contributed by atoms with Crippen molar-refractivity contribution >= 4 is 22.9 Å². The molecule has 0 spiro atoms. The Balaban J connectivity index is 1.47. The minimum atomic E-state index is -4.35. The number of hydrogen-bond donors (Lipinski definition) is 0. The normalized spacial score (nSPS) is 18.0. The number of halogens is 5. The third kappa shape index (κ3) is 6.99. The number of allylic oxidation sites excluding steroid dienone is 1. The molecule has 3 aromatic carbocycles. The maximum absolute atomic E-state index is 13.0. The molecule has 3 aromatic rings. The zero-order valence-corrected chi connectivity index (χ0v) is 22.7. The zero-order chi connectivity index (χ0) is 28.1. The van der Waals surface area contributed by atoms with E-state index < -0.39 is 5.51 Å². The summed E-state index contributed by atoms with van der Waals surface area (Å²) in [6.07, 6.45) is 3.68. The smallest absolute Gasteiger partial charge is 0.446 e. The number of thioether (sulfide) groups is 1. The maximum atomic E-state index is 13.0. The molecule has 1 fully saturated rings. The highest BCUT2D eigenvalue weighted by Crippen LogP contribution is 2.42. The molecule has 1 saturated heterocycles. The number of benzene rings is 3. The monoisotopic (exact) mass is 575 g/mol. The Bertz CT molecular complexity index is 1330. The van der Waals surface area contributed by atoms with Crippen LogP contribution in [0.4, 0.5) is 22.1 Å². The van der Waals surface area contributed by atoms with Gasteiger partial charge in [-0.15, -0.1) is 0 Å². The van der Waals surface area contributed by atoms with Gasteiger partial charge in [0, 0.05) is 29.1 Å². The van der Waals surface area contributed by atoms with Crippen LogP contribution in [0.25, 0.3) is 11.1 Å². The number of hydrogen-bond acceptors (Lipinski definition) is 4. The van der Waals surface area contributed by atoms with E-state index in [0.717, 1.165) is 71.6 Å². The first-order valence-corrected chi connectivity index (χ1v) is 14.2. The summed E-state index contributed by atoms with van der Waals surface area (Å²) in [5.41, 5.74) is 1.30. The van der Waals surface area contributed by atoms with E-state index in [2.05, 4.69) is 9.84 Å². The molecule has 1 heterocycles. The summed E-state index contributed by atoms with van der Waals surface area (Å²) in [6, 6.07) is 19.4. The summed E-state index contributed by atoms with van der Waals surface area (Å²) in [5, 5.41) is 0. The molecule has 1 aliphatic heterocycles. The van der Waals surface area contributed by atoms with Gasteiger partial charge in [0.1, 0.15) is 11.9 Å². The second-order valence-electron chi connectivity index (χ2n) is 10.1. The minimum absolute atomic E-state index is 0.0473. The standard InChI is InChI=1S/C31H30F5NO2S/c32-16-2-17-37-18-15-26(20-37)38-24-9-5-22(6-10-24)30-28(21-7-12-27(13-8-21)40-31(33,34)35)4-1-3-23-19-25(39-36)11-14-29(23)30/h5-14,19,26H,1-4,15-18,20H2. The van der Waals surface area contributed by atoms with Gasteiger partial charge in [0.05, 0.1) is 6.67 Å². The fraction of sp³-hybridized carbons (Fsp3) is 0.355. The molecule has 0 saturated carbocycles. The Morgan fingerprint density at radius 1 is 0.900 bits per heavy atom. The topological polar surface area (TPSA) is 21.7 Å². The van der Waals surface area contributed by atoms with Crippen molar-refractivity contribution in [2.75, 3.05) is 26.3 Å². The molecular formula is C31H30F5NO2S. The van der Waals surface area contributed by atoms with Crippen molar-refractivity contribution in [2.24, 2.45) is 0 Å². The van der Waals surface area contributed by atoms with Crippen LogP contribution in [0.1, 0.15) is 47.9 Å². The van der Waals surface area contributed by atoms with E-state index in [0.29, 0.717) is 19.3 Å². The highest BCUT2D eigenvalue weighted by atomic mass is 32.2. The van der Waals surface area contributed by atoms with Crippen molar-refractivity contribution in [3.63, 3.8) is 0 Å². The van der Waals surface area contributed by atoms with Gasteiger partial charge < -0.3 is 4.74 Å². The van der Waals surface area contributed by atoms with Crippen LogP contribution >= 0.6 is 11.8 Å². The SMILES string of the molecule is FCCCN1CCC(Oc2ccc(C3=C(c4ccc(SC(F)(F)F)cc4)CCCc4cc(OF)ccc43)cc2)C1. The molecule has 0 amide bonds.